The van der Waals surface area contributed by atoms with Crippen molar-refractivity contribution in [2.45, 2.75) is 33.1 Å². The highest BCUT2D eigenvalue weighted by atomic mass is 15.2. The number of nitrogens with zero attached hydrogens (tertiary/aromatic N) is 3. The van der Waals surface area contributed by atoms with Crippen LogP contribution in [0.4, 0.5) is 5.82 Å². The van der Waals surface area contributed by atoms with Crippen molar-refractivity contribution in [3.05, 3.63) is 17.6 Å². The highest BCUT2D eigenvalue weighted by molar-refractivity contribution is 5.40. The summed E-state index contributed by atoms with van der Waals surface area (Å²) in [5, 5.41) is 3.37. The molecule has 1 saturated heterocycles. The smallest absolute Gasteiger partial charge is 0.132 e. The third-order valence-electron chi connectivity index (χ3n) is 3.08. The number of piperazine rings is 1. The maximum absolute atomic E-state index is 4.64. The molecule has 17 heavy (non-hydrogen) atoms. The van der Waals surface area contributed by atoms with Crippen LogP contribution in [0.15, 0.2) is 6.07 Å². The van der Waals surface area contributed by atoms with Gasteiger partial charge in [-0.1, -0.05) is 20.3 Å². The van der Waals surface area contributed by atoms with Gasteiger partial charge in [-0.15, -0.1) is 0 Å². The number of anilines is 1. The number of aryl methyl sites for hydroxylation is 2. The quantitative estimate of drug-likeness (QED) is 0.855. The van der Waals surface area contributed by atoms with Crippen molar-refractivity contribution >= 4 is 5.82 Å². The number of nitrogens with one attached hydrogen (secondary N) is 1. The molecule has 94 valence electrons. The molecule has 1 aliphatic heterocycles. The van der Waals surface area contributed by atoms with E-state index in [0.29, 0.717) is 0 Å². The van der Waals surface area contributed by atoms with E-state index in [9.17, 15) is 0 Å². The molecule has 0 aliphatic carbocycles. The molecule has 4 heteroatoms. The summed E-state index contributed by atoms with van der Waals surface area (Å²) < 4.78 is 0. The Morgan fingerprint density at radius 1 is 1.24 bits per heavy atom. The molecule has 0 radical (unpaired) electrons. The molecule has 0 bridgehead atoms. The second-order valence-corrected chi connectivity index (χ2v) is 4.47. The van der Waals surface area contributed by atoms with Gasteiger partial charge in [-0.05, 0) is 6.42 Å². The minimum atomic E-state index is 0.913. The molecular weight excluding hydrogens is 212 g/mol. The molecule has 2 heterocycles. The largest absolute Gasteiger partial charge is 0.354 e. The fraction of sp³-hybridized carbons (Fsp3) is 0.692. The Labute approximate surface area is 103 Å². The van der Waals surface area contributed by atoms with Gasteiger partial charge < -0.3 is 10.2 Å². The molecule has 0 atom stereocenters. The van der Waals surface area contributed by atoms with E-state index in [1.807, 2.05) is 0 Å². The molecule has 2 rings (SSSR count). The Balaban J connectivity index is 2.21. The average Bonchev–Trinajstić information content (AvgIpc) is 2.40. The summed E-state index contributed by atoms with van der Waals surface area (Å²) >= 11 is 0. The topological polar surface area (TPSA) is 41.0 Å². The van der Waals surface area contributed by atoms with E-state index in [0.717, 1.165) is 57.1 Å². The van der Waals surface area contributed by atoms with E-state index in [-0.39, 0.29) is 0 Å². The SMILES string of the molecule is CCCc1cc(N2CCNCC2)nc(CC)n1. The third kappa shape index (κ3) is 3.16. The molecular formula is C13H22N4. The summed E-state index contributed by atoms with van der Waals surface area (Å²) in [5.74, 6) is 2.09. The van der Waals surface area contributed by atoms with E-state index in [2.05, 4.69) is 40.1 Å². The van der Waals surface area contributed by atoms with E-state index >= 15 is 0 Å². The first kappa shape index (κ1) is 12.3. The first-order valence-corrected chi connectivity index (χ1v) is 6.66. The zero-order valence-electron chi connectivity index (χ0n) is 10.9. The van der Waals surface area contributed by atoms with Crippen LogP contribution in [0, 0.1) is 0 Å². The van der Waals surface area contributed by atoms with E-state index in [1.54, 1.807) is 0 Å². The van der Waals surface area contributed by atoms with Gasteiger partial charge in [0.25, 0.3) is 0 Å². The van der Waals surface area contributed by atoms with Gasteiger partial charge in [-0.3, -0.25) is 0 Å². The highest BCUT2D eigenvalue weighted by Gasteiger charge is 2.13. The summed E-state index contributed by atoms with van der Waals surface area (Å²) in [6.07, 6.45) is 3.10. The van der Waals surface area contributed by atoms with Crippen LogP contribution in [0.3, 0.4) is 0 Å². The molecule has 1 aromatic rings. The monoisotopic (exact) mass is 234 g/mol. The van der Waals surface area contributed by atoms with Crippen LogP contribution in [0.2, 0.25) is 0 Å². The maximum Gasteiger partial charge on any atom is 0.132 e. The second kappa shape index (κ2) is 5.96. The van der Waals surface area contributed by atoms with E-state index in [4.69, 9.17) is 0 Å². The lowest BCUT2D eigenvalue weighted by Crippen LogP contribution is -2.44. The first-order chi connectivity index (χ1) is 8.33. The van der Waals surface area contributed by atoms with Crippen LogP contribution in [0.1, 0.15) is 31.8 Å². The van der Waals surface area contributed by atoms with Crippen LogP contribution >= 0.6 is 0 Å². The Morgan fingerprint density at radius 2 is 2.00 bits per heavy atom. The van der Waals surface area contributed by atoms with Crippen molar-refractivity contribution in [2.75, 3.05) is 31.1 Å². The molecule has 0 spiro atoms. The fourth-order valence-corrected chi connectivity index (χ4v) is 2.13. The molecule has 0 unspecified atom stereocenters. The van der Waals surface area contributed by atoms with Crippen molar-refractivity contribution in [1.82, 2.24) is 15.3 Å². The van der Waals surface area contributed by atoms with Crippen LogP contribution < -0.4 is 10.2 Å². The molecule has 1 aromatic heterocycles. The molecule has 4 nitrogen and oxygen atoms in total. The summed E-state index contributed by atoms with van der Waals surface area (Å²) in [5.41, 5.74) is 1.19. The summed E-state index contributed by atoms with van der Waals surface area (Å²) in [7, 11) is 0. The van der Waals surface area contributed by atoms with Crippen molar-refractivity contribution in [1.29, 1.82) is 0 Å². The summed E-state index contributed by atoms with van der Waals surface area (Å²) in [6.45, 7) is 8.51. The highest BCUT2D eigenvalue weighted by Crippen LogP contribution is 2.15. The second-order valence-electron chi connectivity index (χ2n) is 4.47. The van der Waals surface area contributed by atoms with Crippen molar-refractivity contribution in [2.24, 2.45) is 0 Å². The third-order valence-corrected chi connectivity index (χ3v) is 3.08. The Hall–Kier alpha value is -1.16. The molecule has 0 amide bonds. The standard InChI is InChI=1S/C13H22N4/c1-3-5-11-10-13(16-12(4-2)15-11)17-8-6-14-7-9-17/h10,14H,3-9H2,1-2H3. The van der Waals surface area contributed by atoms with Gasteiger partial charge >= 0.3 is 0 Å². The van der Waals surface area contributed by atoms with Crippen molar-refractivity contribution in [3.63, 3.8) is 0 Å². The van der Waals surface area contributed by atoms with Crippen LogP contribution in [-0.2, 0) is 12.8 Å². The van der Waals surface area contributed by atoms with Gasteiger partial charge in [-0.25, -0.2) is 9.97 Å². The van der Waals surface area contributed by atoms with Gasteiger partial charge in [0.15, 0.2) is 0 Å². The van der Waals surface area contributed by atoms with Gasteiger partial charge in [0.05, 0.1) is 0 Å². The number of aromatic nitrogens is 2. The van der Waals surface area contributed by atoms with Gasteiger partial charge in [0.1, 0.15) is 11.6 Å². The molecule has 0 aromatic carbocycles. The lowest BCUT2D eigenvalue weighted by atomic mass is 10.2. The number of rotatable bonds is 4. The first-order valence-electron chi connectivity index (χ1n) is 6.66. The summed E-state index contributed by atoms with van der Waals surface area (Å²) in [4.78, 5) is 11.6. The Bertz CT molecular complexity index is 358. The molecule has 0 saturated carbocycles. The maximum atomic E-state index is 4.64. The minimum absolute atomic E-state index is 0.913. The predicted octanol–water partition coefficient (Wildman–Crippen LogP) is 1.40. The van der Waals surface area contributed by atoms with Gasteiger partial charge in [0, 0.05) is 44.4 Å². The van der Waals surface area contributed by atoms with Crippen LogP contribution in [0.25, 0.3) is 0 Å². The fourth-order valence-electron chi connectivity index (χ4n) is 2.13. The van der Waals surface area contributed by atoms with Gasteiger partial charge in [-0.2, -0.15) is 0 Å². The molecule has 1 aliphatic rings. The number of hydrogen-bond donors (Lipinski definition) is 1. The Morgan fingerprint density at radius 3 is 2.65 bits per heavy atom. The van der Waals surface area contributed by atoms with Gasteiger partial charge in [0.2, 0.25) is 0 Å². The van der Waals surface area contributed by atoms with Crippen molar-refractivity contribution < 1.29 is 0 Å². The number of hydrogen-bond acceptors (Lipinski definition) is 4. The van der Waals surface area contributed by atoms with Crippen LogP contribution in [-0.4, -0.2) is 36.1 Å². The minimum Gasteiger partial charge on any atom is -0.354 e. The Kier molecular flexibility index (Phi) is 4.31. The normalized spacial score (nSPS) is 16.2. The van der Waals surface area contributed by atoms with Crippen molar-refractivity contribution in [3.8, 4) is 0 Å². The zero-order valence-corrected chi connectivity index (χ0v) is 10.9. The molecule has 1 N–H and O–H groups in total. The lowest BCUT2D eigenvalue weighted by Gasteiger charge is -2.28. The van der Waals surface area contributed by atoms with E-state index in [1.165, 1.54) is 5.69 Å². The summed E-state index contributed by atoms with van der Waals surface area (Å²) in [6, 6.07) is 2.16. The predicted molar refractivity (Wildman–Crippen MR) is 70.5 cm³/mol. The lowest BCUT2D eigenvalue weighted by molar-refractivity contribution is 0.583. The van der Waals surface area contributed by atoms with E-state index < -0.39 is 0 Å². The zero-order chi connectivity index (χ0) is 12.1. The van der Waals surface area contributed by atoms with Crippen LogP contribution in [0.5, 0.6) is 0 Å². The average molecular weight is 234 g/mol. The molecule has 1 fully saturated rings.